The smallest absolute Gasteiger partial charge is 0.224 e. The van der Waals surface area contributed by atoms with Crippen LogP contribution in [-0.4, -0.2) is 15.9 Å². The maximum atomic E-state index is 13.5. The van der Waals surface area contributed by atoms with Crippen molar-refractivity contribution in [1.82, 2.24) is 9.97 Å². The number of anilines is 1. The Kier molecular flexibility index (Phi) is 4.90. The molecule has 2 aromatic heterocycles. The van der Waals surface area contributed by atoms with E-state index in [0.717, 1.165) is 28.4 Å². The van der Waals surface area contributed by atoms with Crippen molar-refractivity contribution < 1.29 is 13.6 Å². The molecule has 0 aliphatic carbocycles. The minimum absolute atomic E-state index is 0.0910. The number of benzene rings is 1. The van der Waals surface area contributed by atoms with E-state index in [4.69, 9.17) is 0 Å². The minimum Gasteiger partial charge on any atom is -0.321 e. The molecule has 122 valence electrons. The Bertz CT molecular complexity index is 832. The topological polar surface area (TPSA) is 54.9 Å². The van der Waals surface area contributed by atoms with Crippen LogP contribution in [0.1, 0.15) is 11.4 Å². The van der Waals surface area contributed by atoms with E-state index in [1.807, 2.05) is 17.5 Å². The predicted molar refractivity (Wildman–Crippen MR) is 88.7 cm³/mol. The number of carbonyl (C=O) groups excluding carboxylic acids is 1. The molecule has 7 heteroatoms. The molecule has 1 aromatic carbocycles. The molecule has 0 saturated carbocycles. The van der Waals surface area contributed by atoms with Crippen molar-refractivity contribution in [3.63, 3.8) is 0 Å². The molecule has 3 aromatic rings. The van der Waals surface area contributed by atoms with Gasteiger partial charge in [-0.15, -0.1) is 11.3 Å². The second-order valence-electron chi connectivity index (χ2n) is 5.01. The fraction of sp³-hybridized carbons (Fsp3) is 0.118. The van der Waals surface area contributed by atoms with Crippen LogP contribution in [0.25, 0.3) is 11.3 Å². The first-order chi connectivity index (χ1) is 11.6. The first kappa shape index (κ1) is 16.2. The Morgan fingerprint density at radius 1 is 1.17 bits per heavy atom. The van der Waals surface area contributed by atoms with Crippen molar-refractivity contribution in [2.45, 2.75) is 12.8 Å². The molecule has 4 nitrogen and oxygen atoms in total. The molecule has 0 radical (unpaired) electrons. The van der Waals surface area contributed by atoms with Crippen LogP contribution in [0.2, 0.25) is 0 Å². The van der Waals surface area contributed by atoms with Crippen LogP contribution in [0.15, 0.2) is 48.1 Å². The average molecular weight is 345 g/mol. The molecular weight excluding hydrogens is 332 g/mol. The third-order valence-corrected chi connectivity index (χ3v) is 4.21. The van der Waals surface area contributed by atoms with Crippen molar-refractivity contribution in [2.75, 3.05) is 5.32 Å². The zero-order valence-electron chi connectivity index (χ0n) is 12.5. The number of thiazole rings is 1. The van der Waals surface area contributed by atoms with Gasteiger partial charge in [-0.05, 0) is 24.3 Å². The number of aromatic nitrogens is 2. The van der Waals surface area contributed by atoms with Gasteiger partial charge in [0.2, 0.25) is 5.91 Å². The number of hydrogen-bond acceptors (Lipinski definition) is 4. The van der Waals surface area contributed by atoms with E-state index in [0.29, 0.717) is 6.42 Å². The van der Waals surface area contributed by atoms with E-state index in [9.17, 15) is 13.6 Å². The first-order valence-corrected chi connectivity index (χ1v) is 8.10. The molecule has 1 N–H and O–H groups in total. The average Bonchev–Trinajstić information content (AvgIpc) is 3.06. The number of para-hydroxylation sites is 1. The van der Waals surface area contributed by atoms with E-state index in [1.54, 1.807) is 12.4 Å². The highest BCUT2D eigenvalue weighted by Gasteiger charge is 2.13. The molecule has 0 aliphatic heterocycles. The third-order valence-electron chi connectivity index (χ3n) is 3.30. The number of nitrogens with zero attached hydrogens (tertiary/aromatic N) is 2. The monoisotopic (exact) mass is 345 g/mol. The van der Waals surface area contributed by atoms with Crippen molar-refractivity contribution in [2.24, 2.45) is 0 Å². The molecule has 0 bridgehead atoms. The molecule has 0 spiro atoms. The molecule has 0 fully saturated rings. The molecule has 1 amide bonds. The largest absolute Gasteiger partial charge is 0.321 e. The summed E-state index contributed by atoms with van der Waals surface area (Å²) in [6.07, 6.45) is 3.88. The summed E-state index contributed by atoms with van der Waals surface area (Å²) in [5.74, 6) is -2.05. The zero-order valence-corrected chi connectivity index (χ0v) is 13.3. The van der Waals surface area contributed by atoms with E-state index >= 15 is 0 Å². The van der Waals surface area contributed by atoms with Crippen LogP contribution in [0.5, 0.6) is 0 Å². The molecule has 0 aliphatic rings. The maximum Gasteiger partial charge on any atom is 0.224 e. The van der Waals surface area contributed by atoms with Crippen LogP contribution >= 0.6 is 11.3 Å². The maximum absolute atomic E-state index is 13.5. The number of carbonyl (C=O) groups is 1. The SMILES string of the molecule is O=C(CCc1nc(-c2cccnc2)cs1)Nc1c(F)cccc1F. The van der Waals surface area contributed by atoms with Gasteiger partial charge in [-0.2, -0.15) is 0 Å². The number of aryl methyl sites for hydroxylation is 1. The van der Waals surface area contributed by atoms with Crippen LogP contribution in [-0.2, 0) is 11.2 Å². The summed E-state index contributed by atoms with van der Waals surface area (Å²) in [4.78, 5) is 20.4. The van der Waals surface area contributed by atoms with Gasteiger partial charge in [-0.25, -0.2) is 13.8 Å². The summed E-state index contributed by atoms with van der Waals surface area (Å²) in [5, 5.41) is 4.93. The minimum atomic E-state index is -0.795. The highest BCUT2D eigenvalue weighted by molar-refractivity contribution is 7.09. The van der Waals surface area contributed by atoms with Gasteiger partial charge in [0.15, 0.2) is 0 Å². The second-order valence-corrected chi connectivity index (χ2v) is 5.96. The van der Waals surface area contributed by atoms with Gasteiger partial charge in [0.25, 0.3) is 0 Å². The molecule has 3 rings (SSSR count). The van der Waals surface area contributed by atoms with Gasteiger partial charge in [-0.3, -0.25) is 9.78 Å². The van der Waals surface area contributed by atoms with Crippen molar-refractivity contribution in [3.8, 4) is 11.3 Å². The summed E-state index contributed by atoms with van der Waals surface area (Å²) >= 11 is 1.43. The number of amides is 1. The summed E-state index contributed by atoms with van der Waals surface area (Å²) < 4.78 is 27.0. The third kappa shape index (κ3) is 3.80. The Hall–Kier alpha value is -2.67. The van der Waals surface area contributed by atoms with Gasteiger partial charge in [-0.1, -0.05) is 6.07 Å². The number of rotatable bonds is 5. The van der Waals surface area contributed by atoms with Crippen LogP contribution in [0.3, 0.4) is 0 Å². The van der Waals surface area contributed by atoms with E-state index in [-0.39, 0.29) is 6.42 Å². The van der Waals surface area contributed by atoms with Gasteiger partial charge in [0, 0.05) is 36.2 Å². The molecule has 0 unspecified atom stereocenters. The quantitative estimate of drug-likeness (QED) is 0.759. The van der Waals surface area contributed by atoms with E-state index < -0.39 is 23.2 Å². The Labute approximate surface area is 141 Å². The molecule has 0 atom stereocenters. The van der Waals surface area contributed by atoms with Gasteiger partial charge in [0.1, 0.15) is 17.3 Å². The fourth-order valence-electron chi connectivity index (χ4n) is 2.11. The number of halogens is 2. The summed E-state index contributed by atoms with van der Waals surface area (Å²) in [5.41, 5.74) is 1.28. The summed E-state index contributed by atoms with van der Waals surface area (Å²) in [6.45, 7) is 0. The molecule has 0 saturated heterocycles. The normalized spacial score (nSPS) is 10.6. The fourth-order valence-corrected chi connectivity index (χ4v) is 2.92. The predicted octanol–water partition coefficient (Wildman–Crippen LogP) is 4.05. The Balaban J connectivity index is 1.60. The van der Waals surface area contributed by atoms with Gasteiger partial charge < -0.3 is 5.32 Å². The lowest BCUT2D eigenvalue weighted by Gasteiger charge is -2.06. The Morgan fingerprint density at radius 2 is 1.96 bits per heavy atom. The standard InChI is InChI=1S/C17H13F2N3OS/c18-12-4-1-5-13(19)17(12)22-15(23)6-7-16-21-14(10-24-16)11-3-2-8-20-9-11/h1-5,8-10H,6-7H2,(H,22,23). The summed E-state index contributed by atoms with van der Waals surface area (Å²) in [7, 11) is 0. The Morgan fingerprint density at radius 3 is 2.67 bits per heavy atom. The lowest BCUT2D eigenvalue weighted by Crippen LogP contribution is -2.14. The van der Waals surface area contributed by atoms with Gasteiger partial charge >= 0.3 is 0 Å². The molecular formula is C17H13F2N3OS. The zero-order chi connectivity index (χ0) is 16.9. The highest BCUT2D eigenvalue weighted by atomic mass is 32.1. The van der Waals surface area contributed by atoms with Crippen molar-refractivity contribution >= 4 is 22.9 Å². The van der Waals surface area contributed by atoms with Gasteiger partial charge in [0.05, 0.1) is 10.7 Å². The highest BCUT2D eigenvalue weighted by Crippen LogP contribution is 2.22. The van der Waals surface area contributed by atoms with Crippen LogP contribution < -0.4 is 5.32 Å². The number of nitrogens with one attached hydrogen (secondary N) is 1. The number of pyridine rings is 1. The number of hydrogen-bond donors (Lipinski definition) is 1. The second kappa shape index (κ2) is 7.27. The van der Waals surface area contributed by atoms with Crippen LogP contribution in [0, 0.1) is 11.6 Å². The first-order valence-electron chi connectivity index (χ1n) is 7.22. The van der Waals surface area contributed by atoms with E-state index in [2.05, 4.69) is 15.3 Å². The lowest BCUT2D eigenvalue weighted by atomic mass is 10.2. The molecule has 24 heavy (non-hydrogen) atoms. The van der Waals surface area contributed by atoms with Crippen molar-refractivity contribution in [3.05, 3.63) is 64.7 Å². The van der Waals surface area contributed by atoms with E-state index in [1.165, 1.54) is 17.4 Å². The summed E-state index contributed by atoms with van der Waals surface area (Å²) in [6, 6.07) is 7.17. The van der Waals surface area contributed by atoms with Crippen LogP contribution in [0.4, 0.5) is 14.5 Å². The lowest BCUT2D eigenvalue weighted by molar-refractivity contribution is -0.116. The van der Waals surface area contributed by atoms with Crippen molar-refractivity contribution in [1.29, 1.82) is 0 Å². The molecule has 2 heterocycles.